The van der Waals surface area contributed by atoms with Crippen molar-refractivity contribution >= 4 is 17.5 Å². The smallest absolute Gasteiger partial charge is 0.241 e. The van der Waals surface area contributed by atoms with Crippen LogP contribution in [-0.2, 0) is 11.3 Å². The molecule has 1 aliphatic rings. The van der Waals surface area contributed by atoms with Gasteiger partial charge in [-0.3, -0.25) is 9.69 Å². The van der Waals surface area contributed by atoms with Crippen LogP contribution in [-0.4, -0.2) is 40.6 Å². The van der Waals surface area contributed by atoms with Crippen LogP contribution in [0.1, 0.15) is 44.9 Å². The standard InChI is InChI=1S/C20H27ClN4O2/c1-2-3-6-11-22-20(26)15-8-7-12-25(13-15)14-18-23-19(24-27-18)16-9-4-5-10-17(16)21/h4-5,9-10,15H,2-3,6-8,11-14H2,1H3,(H,22,26). The first-order valence-electron chi connectivity index (χ1n) is 9.75. The van der Waals surface area contributed by atoms with Gasteiger partial charge in [-0.25, -0.2) is 0 Å². The molecule has 1 aliphatic heterocycles. The quantitative estimate of drug-likeness (QED) is 0.692. The highest BCUT2D eigenvalue weighted by molar-refractivity contribution is 6.33. The van der Waals surface area contributed by atoms with Gasteiger partial charge in [-0.1, -0.05) is 48.7 Å². The summed E-state index contributed by atoms with van der Waals surface area (Å²) in [5.74, 6) is 1.25. The molecule has 0 bridgehead atoms. The van der Waals surface area contributed by atoms with Crippen molar-refractivity contribution in [1.82, 2.24) is 20.4 Å². The van der Waals surface area contributed by atoms with Crippen molar-refractivity contribution in [3.05, 3.63) is 35.2 Å². The zero-order chi connectivity index (χ0) is 19.1. The van der Waals surface area contributed by atoms with E-state index in [4.69, 9.17) is 16.1 Å². The van der Waals surface area contributed by atoms with Crippen molar-refractivity contribution in [3.63, 3.8) is 0 Å². The summed E-state index contributed by atoms with van der Waals surface area (Å²) in [4.78, 5) is 19.1. The number of hydrogen-bond acceptors (Lipinski definition) is 5. The number of benzene rings is 1. The lowest BCUT2D eigenvalue weighted by Crippen LogP contribution is -2.42. The first kappa shape index (κ1) is 19.8. The fourth-order valence-electron chi connectivity index (χ4n) is 3.41. The van der Waals surface area contributed by atoms with E-state index in [0.29, 0.717) is 23.3 Å². The molecule has 1 fully saturated rings. The predicted molar refractivity (Wildman–Crippen MR) is 105 cm³/mol. The SMILES string of the molecule is CCCCCNC(=O)C1CCCN(Cc2nc(-c3ccccc3Cl)no2)C1. The van der Waals surface area contributed by atoms with Crippen LogP contribution in [0.15, 0.2) is 28.8 Å². The lowest BCUT2D eigenvalue weighted by Gasteiger charge is -2.30. The first-order valence-corrected chi connectivity index (χ1v) is 10.1. The molecule has 7 heteroatoms. The number of amides is 1. The number of carbonyl (C=O) groups excluding carboxylic acids is 1. The number of hydrogen-bond donors (Lipinski definition) is 1. The van der Waals surface area contributed by atoms with E-state index in [9.17, 15) is 4.79 Å². The van der Waals surface area contributed by atoms with Gasteiger partial charge < -0.3 is 9.84 Å². The molecule has 1 unspecified atom stereocenters. The molecule has 3 rings (SSSR count). The Hall–Kier alpha value is -1.92. The Morgan fingerprint density at radius 3 is 3.04 bits per heavy atom. The summed E-state index contributed by atoms with van der Waals surface area (Å²) in [6.45, 7) is 5.15. The maximum Gasteiger partial charge on any atom is 0.241 e. The molecule has 1 N–H and O–H groups in total. The predicted octanol–water partition coefficient (Wildman–Crippen LogP) is 3.91. The third-order valence-corrected chi connectivity index (χ3v) is 5.23. The number of halogens is 1. The maximum atomic E-state index is 12.4. The summed E-state index contributed by atoms with van der Waals surface area (Å²) in [6, 6.07) is 7.44. The van der Waals surface area contributed by atoms with E-state index in [1.165, 1.54) is 0 Å². The third-order valence-electron chi connectivity index (χ3n) is 4.90. The minimum absolute atomic E-state index is 0.0336. The van der Waals surface area contributed by atoms with E-state index in [0.717, 1.165) is 57.3 Å². The second kappa shape index (κ2) is 9.85. The molecule has 27 heavy (non-hydrogen) atoms. The number of piperidine rings is 1. The van der Waals surface area contributed by atoms with Crippen molar-refractivity contribution in [2.45, 2.75) is 45.6 Å². The summed E-state index contributed by atoms with van der Waals surface area (Å²) in [7, 11) is 0. The van der Waals surface area contributed by atoms with Gasteiger partial charge in [0.1, 0.15) is 0 Å². The lowest BCUT2D eigenvalue weighted by molar-refractivity contribution is -0.126. The fraction of sp³-hybridized carbons (Fsp3) is 0.550. The van der Waals surface area contributed by atoms with Crippen molar-refractivity contribution in [1.29, 1.82) is 0 Å². The number of nitrogens with zero attached hydrogens (tertiary/aromatic N) is 3. The Bertz CT molecular complexity index is 749. The monoisotopic (exact) mass is 390 g/mol. The topological polar surface area (TPSA) is 71.3 Å². The van der Waals surface area contributed by atoms with Crippen molar-refractivity contribution < 1.29 is 9.32 Å². The molecule has 0 spiro atoms. The van der Waals surface area contributed by atoms with Crippen LogP contribution < -0.4 is 5.32 Å². The molecule has 1 amide bonds. The van der Waals surface area contributed by atoms with E-state index in [2.05, 4.69) is 27.3 Å². The van der Waals surface area contributed by atoms with Crippen LogP contribution in [0, 0.1) is 5.92 Å². The van der Waals surface area contributed by atoms with Crippen LogP contribution >= 0.6 is 11.6 Å². The highest BCUT2D eigenvalue weighted by Gasteiger charge is 2.26. The van der Waals surface area contributed by atoms with Gasteiger partial charge >= 0.3 is 0 Å². The van der Waals surface area contributed by atoms with Crippen molar-refractivity contribution in [2.75, 3.05) is 19.6 Å². The molecule has 1 saturated heterocycles. The molecule has 2 heterocycles. The second-order valence-corrected chi connectivity index (χ2v) is 7.47. The Kier molecular flexibility index (Phi) is 7.24. The molecule has 0 aliphatic carbocycles. The van der Waals surface area contributed by atoms with Gasteiger partial charge in [0.2, 0.25) is 17.6 Å². The number of aromatic nitrogens is 2. The Balaban J connectivity index is 1.54. The van der Waals surface area contributed by atoms with Crippen LogP contribution in [0.25, 0.3) is 11.4 Å². The zero-order valence-corrected chi connectivity index (χ0v) is 16.5. The average Bonchev–Trinajstić information content (AvgIpc) is 3.14. The van der Waals surface area contributed by atoms with Crippen LogP contribution in [0.5, 0.6) is 0 Å². The number of rotatable bonds is 8. The summed E-state index contributed by atoms with van der Waals surface area (Å²) < 4.78 is 5.40. The van der Waals surface area contributed by atoms with Crippen LogP contribution in [0.3, 0.4) is 0 Å². The van der Waals surface area contributed by atoms with Crippen LogP contribution in [0.4, 0.5) is 0 Å². The maximum absolute atomic E-state index is 12.4. The summed E-state index contributed by atoms with van der Waals surface area (Å²) in [5.41, 5.74) is 0.761. The molecule has 0 radical (unpaired) electrons. The van der Waals surface area contributed by atoms with Gasteiger partial charge in [-0.15, -0.1) is 0 Å². The minimum Gasteiger partial charge on any atom is -0.356 e. The molecule has 1 atom stereocenters. The summed E-state index contributed by atoms with van der Waals surface area (Å²) in [6.07, 6.45) is 5.30. The summed E-state index contributed by atoms with van der Waals surface area (Å²) >= 11 is 6.20. The molecule has 0 saturated carbocycles. The molecule has 146 valence electrons. The number of unbranched alkanes of at least 4 members (excludes halogenated alkanes) is 2. The van der Waals surface area contributed by atoms with E-state index in [1.807, 2.05) is 18.2 Å². The van der Waals surface area contributed by atoms with Gasteiger partial charge in [0, 0.05) is 18.7 Å². The number of likely N-dealkylation sites (tertiary alicyclic amines) is 1. The van der Waals surface area contributed by atoms with E-state index in [-0.39, 0.29) is 11.8 Å². The molecule has 1 aromatic carbocycles. The molecular weight excluding hydrogens is 364 g/mol. The van der Waals surface area contributed by atoms with Gasteiger partial charge in [-0.2, -0.15) is 4.98 Å². The molecule has 2 aromatic rings. The van der Waals surface area contributed by atoms with Crippen LogP contribution in [0.2, 0.25) is 5.02 Å². The Morgan fingerprint density at radius 2 is 2.22 bits per heavy atom. The zero-order valence-electron chi connectivity index (χ0n) is 15.8. The van der Waals surface area contributed by atoms with E-state index in [1.54, 1.807) is 6.07 Å². The molecule has 1 aromatic heterocycles. The largest absolute Gasteiger partial charge is 0.356 e. The van der Waals surface area contributed by atoms with Gasteiger partial charge in [-0.05, 0) is 37.9 Å². The Morgan fingerprint density at radius 1 is 1.37 bits per heavy atom. The van der Waals surface area contributed by atoms with Gasteiger partial charge in [0.15, 0.2) is 0 Å². The molecular formula is C20H27ClN4O2. The normalized spacial score (nSPS) is 17.8. The first-order chi connectivity index (χ1) is 13.2. The highest BCUT2D eigenvalue weighted by Crippen LogP contribution is 2.25. The molecule has 6 nitrogen and oxygen atoms in total. The second-order valence-electron chi connectivity index (χ2n) is 7.06. The minimum atomic E-state index is 0.0336. The van der Waals surface area contributed by atoms with E-state index >= 15 is 0 Å². The van der Waals surface area contributed by atoms with Crippen molar-refractivity contribution in [2.24, 2.45) is 5.92 Å². The highest BCUT2D eigenvalue weighted by atomic mass is 35.5. The number of carbonyl (C=O) groups is 1. The van der Waals surface area contributed by atoms with Crippen molar-refractivity contribution in [3.8, 4) is 11.4 Å². The fourth-order valence-corrected chi connectivity index (χ4v) is 3.63. The lowest BCUT2D eigenvalue weighted by atomic mass is 9.97. The third kappa shape index (κ3) is 5.53. The average molecular weight is 391 g/mol. The summed E-state index contributed by atoms with van der Waals surface area (Å²) in [5, 5.41) is 7.72. The van der Waals surface area contributed by atoms with E-state index < -0.39 is 0 Å². The van der Waals surface area contributed by atoms with Gasteiger partial charge in [0.25, 0.3) is 0 Å². The number of nitrogens with one attached hydrogen (secondary N) is 1. The van der Waals surface area contributed by atoms with Gasteiger partial charge in [0.05, 0.1) is 17.5 Å². The Labute approximate surface area is 165 Å².